The van der Waals surface area contributed by atoms with E-state index in [4.69, 9.17) is 4.74 Å². The summed E-state index contributed by atoms with van der Waals surface area (Å²) in [5.41, 5.74) is 0.602. The number of hydrogen-bond donors (Lipinski definition) is 0. The fourth-order valence-electron chi connectivity index (χ4n) is 2.50. The molecule has 0 N–H and O–H groups in total. The lowest BCUT2D eigenvalue weighted by atomic mass is 9.78. The molecule has 1 aliphatic carbocycles. The first kappa shape index (κ1) is 15.7. The van der Waals surface area contributed by atoms with E-state index < -0.39 is 0 Å². The zero-order valence-corrected chi connectivity index (χ0v) is 14.2. The lowest BCUT2D eigenvalue weighted by Gasteiger charge is -2.39. The molecule has 0 radical (unpaired) electrons. The molecule has 0 amide bonds. The first-order valence-corrected chi connectivity index (χ1v) is 8.63. The molecule has 1 rings (SSSR count). The highest BCUT2D eigenvalue weighted by Crippen LogP contribution is 2.38. The normalized spacial score (nSPS) is 30.5. The van der Waals surface area contributed by atoms with Crippen molar-refractivity contribution in [3.63, 3.8) is 0 Å². The SMILES string of the molecule is CCC1CCC(CI)(OCCC(C)(C)C)CC1. The summed E-state index contributed by atoms with van der Waals surface area (Å²) in [6, 6.07) is 0. The maximum Gasteiger partial charge on any atom is 0.0771 e. The predicted octanol–water partition coefficient (Wildman–Crippen LogP) is 5.21. The smallest absolute Gasteiger partial charge is 0.0771 e. The van der Waals surface area contributed by atoms with E-state index in [0.29, 0.717) is 5.41 Å². The highest BCUT2D eigenvalue weighted by Gasteiger charge is 2.34. The summed E-state index contributed by atoms with van der Waals surface area (Å²) >= 11 is 2.51. The van der Waals surface area contributed by atoms with Gasteiger partial charge < -0.3 is 4.74 Å². The fraction of sp³-hybridized carbons (Fsp3) is 1.00. The van der Waals surface area contributed by atoms with E-state index in [-0.39, 0.29) is 5.60 Å². The van der Waals surface area contributed by atoms with Crippen LogP contribution in [0.25, 0.3) is 0 Å². The molecule has 102 valence electrons. The molecule has 1 aliphatic rings. The van der Waals surface area contributed by atoms with Gasteiger partial charge in [-0.15, -0.1) is 0 Å². The molecule has 0 unspecified atom stereocenters. The Labute approximate surface area is 121 Å². The third-order valence-corrected chi connectivity index (χ3v) is 5.49. The third-order valence-electron chi connectivity index (χ3n) is 4.10. The second-order valence-corrected chi connectivity index (χ2v) is 7.59. The quantitative estimate of drug-likeness (QED) is 0.487. The number of ether oxygens (including phenoxy) is 1. The zero-order chi connectivity index (χ0) is 12.9. The van der Waals surface area contributed by atoms with Crippen LogP contribution in [0.15, 0.2) is 0 Å². The van der Waals surface area contributed by atoms with Gasteiger partial charge in [-0.05, 0) is 43.4 Å². The Kier molecular flexibility index (Phi) is 6.24. The van der Waals surface area contributed by atoms with Crippen LogP contribution >= 0.6 is 22.6 Å². The Morgan fingerprint density at radius 3 is 2.24 bits per heavy atom. The molecule has 1 nitrogen and oxygen atoms in total. The van der Waals surface area contributed by atoms with Gasteiger partial charge in [0, 0.05) is 11.0 Å². The first-order chi connectivity index (χ1) is 7.91. The van der Waals surface area contributed by atoms with Crippen LogP contribution < -0.4 is 0 Å². The van der Waals surface area contributed by atoms with Gasteiger partial charge >= 0.3 is 0 Å². The maximum absolute atomic E-state index is 6.28. The highest BCUT2D eigenvalue weighted by atomic mass is 127. The lowest BCUT2D eigenvalue weighted by molar-refractivity contribution is -0.0660. The van der Waals surface area contributed by atoms with E-state index in [1.807, 2.05) is 0 Å². The summed E-state index contributed by atoms with van der Waals surface area (Å²) in [4.78, 5) is 0. The minimum absolute atomic E-state index is 0.206. The van der Waals surface area contributed by atoms with E-state index in [2.05, 4.69) is 50.3 Å². The second kappa shape index (κ2) is 6.74. The van der Waals surface area contributed by atoms with Gasteiger partial charge in [-0.1, -0.05) is 56.7 Å². The maximum atomic E-state index is 6.28. The van der Waals surface area contributed by atoms with Crippen molar-refractivity contribution >= 4 is 22.6 Å². The van der Waals surface area contributed by atoms with Crippen LogP contribution in [0.1, 0.15) is 66.2 Å². The van der Waals surface area contributed by atoms with E-state index in [1.165, 1.54) is 38.5 Å². The van der Waals surface area contributed by atoms with Gasteiger partial charge in [0.05, 0.1) is 5.60 Å². The Hall–Kier alpha value is 0.690. The van der Waals surface area contributed by atoms with Gasteiger partial charge in [0.25, 0.3) is 0 Å². The standard InChI is InChI=1S/C15H29IO/c1-5-13-6-8-15(12-16,9-7-13)17-11-10-14(2,3)4/h13H,5-12H2,1-4H3. The van der Waals surface area contributed by atoms with Gasteiger partial charge in [0.1, 0.15) is 0 Å². The molecule has 0 spiro atoms. The van der Waals surface area contributed by atoms with Crippen LogP contribution in [0, 0.1) is 11.3 Å². The third kappa shape index (κ3) is 5.46. The molecule has 0 aromatic carbocycles. The van der Waals surface area contributed by atoms with Crippen LogP contribution in [-0.4, -0.2) is 16.6 Å². The lowest BCUT2D eigenvalue weighted by Crippen LogP contribution is -2.39. The monoisotopic (exact) mass is 352 g/mol. The Balaban J connectivity index is 2.37. The zero-order valence-electron chi connectivity index (χ0n) is 12.0. The minimum atomic E-state index is 0.206. The number of alkyl halides is 1. The summed E-state index contributed by atoms with van der Waals surface area (Å²) < 4.78 is 7.44. The predicted molar refractivity (Wildman–Crippen MR) is 83.9 cm³/mol. The average Bonchev–Trinajstić information content (AvgIpc) is 2.28. The van der Waals surface area contributed by atoms with Crippen LogP contribution in [0.2, 0.25) is 0 Å². The van der Waals surface area contributed by atoms with Crippen molar-refractivity contribution in [1.29, 1.82) is 0 Å². The van der Waals surface area contributed by atoms with E-state index >= 15 is 0 Å². The van der Waals surface area contributed by atoms with Gasteiger partial charge in [-0.3, -0.25) is 0 Å². The van der Waals surface area contributed by atoms with E-state index in [0.717, 1.165) is 17.0 Å². The summed E-state index contributed by atoms with van der Waals surface area (Å²) in [6.07, 6.45) is 7.81. The molecule has 0 saturated heterocycles. The Morgan fingerprint density at radius 1 is 1.24 bits per heavy atom. The van der Waals surface area contributed by atoms with E-state index in [1.54, 1.807) is 0 Å². The molecule has 17 heavy (non-hydrogen) atoms. The molecule has 0 aromatic rings. The first-order valence-electron chi connectivity index (χ1n) is 7.11. The van der Waals surface area contributed by atoms with Crippen molar-refractivity contribution in [1.82, 2.24) is 0 Å². The number of hydrogen-bond acceptors (Lipinski definition) is 1. The molecule has 0 atom stereocenters. The van der Waals surface area contributed by atoms with Crippen LogP contribution in [0.5, 0.6) is 0 Å². The van der Waals surface area contributed by atoms with Crippen LogP contribution in [-0.2, 0) is 4.74 Å². The van der Waals surface area contributed by atoms with Crippen LogP contribution in [0.4, 0.5) is 0 Å². The van der Waals surface area contributed by atoms with Crippen molar-refractivity contribution in [2.45, 2.75) is 71.8 Å². The molecule has 2 heteroatoms. The average molecular weight is 352 g/mol. The highest BCUT2D eigenvalue weighted by molar-refractivity contribution is 14.1. The van der Waals surface area contributed by atoms with Gasteiger partial charge in [0.2, 0.25) is 0 Å². The Bertz CT molecular complexity index is 211. The van der Waals surface area contributed by atoms with Crippen molar-refractivity contribution in [3.05, 3.63) is 0 Å². The molecule has 0 aliphatic heterocycles. The van der Waals surface area contributed by atoms with Gasteiger partial charge in [-0.25, -0.2) is 0 Å². The topological polar surface area (TPSA) is 9.23 Å². The minimum Gasteiger partial charge on any atom is -0.374 e. The second-order valence-electron chi connectivity index (χ2n) is 6.83. The van der Waals surface area contributed by atoms with Gasteiger partial charge in [0.15, 0.2) is 0 Å². The molecular weight excluding hydrogens is 323 g/mol. The summed E-state index contributed by atoms with van der Waals surface area (Å²) in [5.74, 6) is 0.956. The molecular formula is C15H29IO. The largest absolute Gasteiger partial charge is 0.374 e. The fourth-order valence-corrected chi connectivity index (χ4v) is 3.49. The number of halogens is 1. The molecule has 1 fully saturated rings. The van der Waals surface area contributed by atoms with Crippen molar-refractivity contribution in [3.8, 4) is 0 Å². The summed E-state index contributed by atoms with van der Waals surface area (Å²) in [7, 11) is 0. The Morgan fingerprint density at radius 2 is 1.82 bits per heavy atom. The van der Waals surface area contributed by atoms with Gasteiger partial charge in [-0.2, -0.15) is 0 Å². The summed E-state index contributed by atoms with van der Waals surface area (Å²) in [6.45, 7) is 10.1. The molecule has 0 bridgehead atoms. The van der Waals surface area contributed by atoms with Crippen LogP contribution in [0.3, 0.4) is 0 Å². The summed E-state index contributed by atoms with van der Waals surface area (Å²) in [5, 5.41) is 0. The van der Waals surface area contributed by atoms with E-state index in [9.17, 15) is 0 Å². The van der Waals surface area contributed by atoms with Crippen molar-refractivity contribution in [2.24, 2.45) is 11.3 Å². The molecule has 0 heterocycles. The number of rotatable bonds is 5. The van der Waals surface area contributed by atoms with Crippen molar-refractivity contribution in [2.75, 3.05) is 11.0 Å². The van der Waals surface area contributed by atoms with Crippen molar-refractivity contribution < 1.29 is 4.74 Å². The molecule has 0 aromatic heterocycles. The molecule has 1 saturated carbocycles.